The van der Waals surface area contributed by atoms with Crippen LogP contribution in [0.3, 0.4) is 0 Å². The van der Waals surface area contributed by atoms with Gasteiger partial charge < -0.3 is 19.3 Å². The lowest BCUT2D eigenvalue weighted by Crippen LogP contribution is -2.28. The molecule has 1 aromatic carbocycles. The van der Waals surface area contributed by atoms with E-state index >= 15 is 0 Å². The van der Waals surface area contributed by atoms with Crippen molar-refractivity contribution in [1.82, 2.24) is 5.32 Å². The van der Waals surface area contributed by atoms with Gasteiger partial charge in [-0.25, -0.2) is 0 Å². The number of carbonyl (C=O) groups excluding carboxylic acids is 2. The van der Waals surface area contributed by atoms with E-state index in [-0.39, 0.29) is 18.3 Å². The van der Waals surface area contributed by atoms with Crippen LogP contribution in [-0.2, 0) is 22.6 Å². The van der Waals surface area contributed by atoms with Gasteiger partial charge in [0, 0.05) is 6.42 Å². The van der Waals surface area contributed by atoms with E-state index in [1.807, 2.05) is 12.1 Å². The zero-order chi connectivity index (χ0) is 15.8. The van der Waals surface area contributed by atoms with Crippen molar-refractivity contribution in [3.63, 3.8) is 0 Å². The van der Waals surface area contributed by atoms with Crippen LogP contribution in [0.2, 0.25) is 0 Å². The number of Topliss-reactive ketones (excluding diaryl/α,β-unsaturated/α-hetero) is 1. The summed E-state index contributed by atoms with van der Waals surface area (Å²) in [6.07, 6.45) is 2.82. The molecule has 1 aromatic heterocycles. The van der Waals surface area contributed by atoms with E-state index < -0.39 is 0 Å². The Morgan fingerprint density at radius 2 is 1.95 bits per heavy atom. The highest BCUT2D eigenvalue weighted by molar-refractivity contribution is 5.77. The molecule has 0 spiro atoms. The van der Waals surface area contributed by atoms with Gasteiger partial charge in [0.2, 0.25) is 0 Å². The number of nitrogens with one attached hydrogen (secondary N) is 1. The van der Waals surface area contributed by atoms with Crippen molar-refractivity contribution < 1.29 is 18.7 Å². The van der Waals surface area contributed by atoms with Gasteiger partial charge in [0.15, 0.2) is 6.61 Å². The van der Waals surface area contributed by atoms with Crippen molar-refractivity contribution >= 4 is 11.7 Å². The smallest absolute Gasteiger partial charge is 0.258 e. The number of furan rings is 1. The van der Waals surface area contributed by atoms with Gasteiger partial charge in [0.1, 0.15) is 17.3 Å². The number of carbonyl (C=O) groups is 2. The molecule has 0 saturated heterocycles. The van der Waals surface area contributed by atoms with Crippen molar-refractivity contribution in [2.75, 3.05) is 6.61 Å². The number of rotatable bonds is 8. The highest BCUT2D eigenvalue weighted by Crippen LogP contribution is 2.13. The van der Waals surface area contributed by atoms with Crippen LogP contribution in [0.4, 0.5) is 0 Å². The topological polar surface area (TPSA) is 68.5 Å². The summed E-state index contributed by atoms with van der Waals surface area (Å²) in [5, 5.41) is 2.70. The zero-order valence-corrected chi connectivity index (χ0v) is 12.5. The highest BCUT2D eigenvalue weighted by atomic mass is 16.5. The van der Waals surface area contributed by atoms with E-state index in [1.165, 1.54) is 0 Å². The first-order valence-electron chi connectivity index (χ1n) is 7.14. The second-order valence-corrected chi connectivity index (χ2v) is 4.99. The van der Waals surface area contributed by atoms with Crippen molar-refractivity contribution in [3.8, 4) is 5.75 Å². The predicted molar refractivity (Wildman–Crippen MR) is 81.5 cm³/mol. The maximum atomic E-state index is 11.6. The van der Waals surface area contributed by atoms with Gasteiger partial charge in [-0.1, -0.05) is 12.1 Å². The summed E-state index contributed by atoms with van der Waals surface area (Å²) in [5.41, 5.74) is 1.07. The molecule has 0 aliphatic carbocycles. The van der Waals surface area contributed by atoms with E-state index in [0.29, 0.717) is 24.5 Å². The van der Waals surface area contributed by atoms with E-state index in [1.54, 1.807) is 37.5 Å². The summed E-state index contributed by atoms with van der Waals surface area (Å²) in [4.78, 5) is 22.6. The first kappa shape index (κ1) is 15.8. The van der Waals surface area contributed by atoms with Gasteiger partial charge in [-0.2, -0.15) is 0 Å². The van der Waals surface area contributed by atoms with Crippen LogP contribution in [0, 0.1) is 0 Å². The maximum Gasteiger partial charge on any atom is 0.258 e. The van der Waals surface area contributed by atoms with Gasteiger partial charge in [-0.05, 0) is 43.2 Å². The number of benzene rings is 1. The third-order valence-electron chi connectivity index (χ3n) is 3.10. The first-order chi connectivity index (χ1) is 10.6. The standard InChI is InChI=1S/C17H19NO4/c1-13(19)4-5-14-6-8-15(9-7-14)22-12-17(20)18-11-16-3-2-10-21-16/h2-3,6-10H,4-5,11-12H2,1H3,(H,18,20). The normalized spacial score (nSPS) is 10.2. The molecule has 5 nitrogen and oxygen atoms in total. The molecule has 0 aliphatic rings. The molecule has 0 unspecified atom stereocenters. The van der Waals surface area contributed by atoms with Gasteiger partial charge in [0.05, 0.1) is 12.8 Å². The fourth-order valence-electron chi connectivity index (χ4n) is 1.87. The third kappa shape index (κ3) is 5.44. The second-order valence-electron chi connectivity index (χ2n) is 4.99. The van der Waals surface area contributed by atoms with Crippen molar-refractivity contribution in [2.45, 2.75) is 26.3 Å². The van der Waals surface area contributed by atoms with Gasteiger partial charge in [-0.15, -0.1) is 0 Å². The average Bonchev–Trinajstić information content (AvgIpc) is 3.03. The van der Waals surface area contributed by atoms with E-state index in [2.05, 4.69) is 5.32 Å². The molecule has 0 fully saturated rings. The lowest BCUT2D eigenvalue weighted by atomic mass is 10.1. The Kier molecular flexibility index (Phi) is 5.77. The molecule has 2 rings (SSSR count). The number of hydrogen-bond donors (Lipinski definition) is 1. The quantitative estimate of drug-likeness (QED) is 0.813. The monoisotopic (exact) mass is 301 g/mol. The van der Waals surface area contributed by atoms with E-state index in [9.17, 15) is 9.59 Å². The van der Waals surface area contributed by atoms with Crippen LogP contribution >= 0.6 is 0 Å². The van der Waals surface area contributed by atoms with Crippen LogP contribution in [0.25, 0.3) is 0 Å². The molecule has 5 heteroatoms. The average molecular weight is 301 g/mol. The molecule has 0 bridgehead atoms. The minimum Gasteiger partial charge on any atom is -0.484 e. The Morgan fingerprint density at radius 1 is 1.18 bits per heavy atom. The van der Waals surface area contributed by atoms with Crippen LogP contribution in [-0.4, -0.2) is 18.3 Å². The minimum absolute atomic E-state index is 0.0481. The molecule has 1 amide bonds. The van der Waals surface area contributed by atoms with Crippen molar-refractivity contribution in [2.24, 2.45) is 0 Å². The fraction of sp³-hybridized carbons (Fsp3) is 0.294. The van der Waals surface area contributed by atoms with Crippen LogP contribution < -0.4 is 10.1 Å². The molecule has 1 N–H and O–H groups in total. The molecule has 2 aromatic rings. The maximum absolute atomic E-state index is 11.6. The molecule has 0 saturated carbocycles. The van der Waals surface area contributed by atoms with Gasteiger partial charge in [-0.3, -0.25) is 4.79 Å². The Morgan fingerprint density at radius 3 is 2.59 bits per heavy atom. The number of amides is 1. The fourth-order valence-corrected chi connectivity index (χ4v) is 1.87. The number of ether oxygens (including phenoxy) is 1. The Bertz CT molecular complexity index is 602. The molecule has 1 heterocycles. The number of hydrogen-bond acceptors (Lipinski definition) is 4. The van der Waals surface area contributed by atoms with Crippen LogP contribution in [0.5, 0.6) is 5.75 Å². The highest BCUT2D eigenvalue weighted by Gasteiger charge is 2.04. The Hall–Kier alpha value is -2.56. The Balaban J connectivity index is 1.71. The summed E-state index contributed by atoms with van der Waals surface area (Å²) >= 11 is 0. The molecular weight excluding hydrogens is 282 g/mol. The third-order valence-corrected chi connectivity index (χ3v) is 3.10. The molecule has 0 aliphatic heterocycles. The van der Waals surface area contributed by atoms with E-state index in [0.717, 1.165) is 12.0 Å². The minimum atomic E-state index is -0.211. The molecule has 116 valence electrons. The van der Waals surface area contributed by atoms with Gasteiger partial charge in [0.25, 0.3) is 5.91 Å². The summed E-state index contributed by atoms with van der Waals surface area (Å²) in [6, 6.07) is 11.0. The molecular formula is C17H19NO4. The SMILES string of the molecule is CC(=O)CCc1ccc(OCC(=O)NCc2ccco2)cc1. The molecule has 0 radical (unpaired) electrons. The van der Waals surface area contributed by atoms with Crippen LogP contribution in [0.1, 0.15) is 24.7 Å². The first-order valence-corrected chi connectivity index (χ1v) is 7.14. The van der Waals surface area contributed by atoms with E-state index in [4.69, 9.17) is 9.15 Å². The lowest BCUT2D eigenvalue weighted by Gasteiger charge is -2.07. The van der Waals surface area contributed by atoms with Crippen LogP contribution in [0.15, 0.2) is 47.1 Å². The second kappa shape index (κ2) is 8.02. The molecule has 22 heavy (non-hydrogen) atoms. The van der Waals surface area contributed by atoms with Crippen molar-refractivity contribution in [1.29, 1.82) is 0 Å². The molecule has 0 atom stereocenters. The number of aryl methyl sites for hydroxylation is 1. The largest absolute Gasteiger partial charge is 0.484 e. The summed E-state index contributed by atoms with van der Waals surface area (Å²) < 4.78 is 10.5. The number of ketones is 1. The zero-order valence-electron chi connectivity index (χ0n) is 12.5. The lowest BCUT2D eigenvalue weighted by molar-refractivity contribution is -0.123. The Labute approximate surface area is 129 Å². The summed E-state index contributed by atoms with van der Waals surface area (Å²) in [6.45, 7) is 1.88. The summed E-state index contributed by atoms with van der Waals surface area (Å²) in [5.74, 6) is 1.29. The summed E-state index contributed by atoms with van der Waals surface area (Å²) in [7, 11) is 0. The van der Waals surface area contributed by atoms with Crippen molar-refractivity contribution in [3.05, 3.63) is 54.0 Å². The van der Waals surface area contributed by atoms with Gasteiger partial charge >= 0.3 is 0 Å². The predicted octanol–water partition coefficient (Wildman–Crippen LogP) is 2.50.